The number of nitrogens with one attached hydrogen (secondary N) is 1. The molecule has 0 bridgehead atoms. The van der Waals surface area contributed by atoms with E-state index in [1.165, 1.54) is 0 Å². The average molecular weight is 401 g/mol. The maximum Gasteiger partial charge on any atom is 0.239 e. The van der Waals surface area contributed by atoms with Gasteiger partial charge in [-0.2, -0.15) is 0 Å². The van der Waals surface area contributed by atoms with Crippen molar-refractivity contribution < 1.29 is 9.32 Å². The molecular formula is C18H17BrN4O2. The van der Waals surface area contributed by atoms with Crippen LogP contribution in [0.15, 0.2) is 63.7 Å². The molecule has 0 aliphatic heterocycles. The quantitative estimate of drug-likeness (QED) is 0.684. The minimum Gasteiger partial charge on any atom is -0.359 e. The molecule has 3 rings (SSSR count). The highest BCUT2D eigenvalue weighted by Gasteiger charge is 2.12. The van der Waals surface area contributed by atoms with Crippen LogP contribution in [0, 0.1) is 0 Å². The van der Waals surface area contributed by atoms with E-state index in [2.05, 4.69) is 31.4 Å². The largest absolute Gasteiger partial charge is 0.359 e. The van der Waals surface area contributed by atoms with Crippen molar-refractivity contribution >= 4 is 27.7 Å². The van der Waals surface area contributed by atoms with Crippen molar-refractivity contribution in [3.8, 4) is 11.3 Å². The Morgan fingerprint density at radius 3 is 2.76 bits per heavy atom. The number of halogens is 1. The second kappa shape index (κ2) is 8.04. The predicted molar refractivity (Wildman–Crippen MR) is 98.8 cm³/mol. The second-order valence-corrected chi connectivity index (χ2v) is 6.54. The molecule has 128 valence electrons. The van der Waals surface area contributed by atoms with E-state index in [0.29, 0.717) is 18.1 Å². The van der Waals surface area contributed by atoms with Crippen LogP contribution in [-0.4, -0.2) is 34.5 Å². The first-order valence-corrected chi connectivity index (χ1v) is 8.50. The zero-order chi connectivity index (χ0) is 17.6. The standard InChI is InChI=1S/C18H17BrN4O2/c1-23(12-18(24)21-17-8-7-14(19)10-20-17)11-15-9-16(22-25-15)13-5-3-2-4-6-13/h2-10H,11-12H2,1H3,(H,20,21,24). The number of carbonyl (C=O) groups excluding carboxylic acids is 1. The van der Waals surface area contributed by atoms with Gasteiger partial charge < -0.3 is 9.84 Å². The first-order chi connectivity index (χ1) is 12.1. The zero-order valence-corrected chi connectivity index (χ0v) is 15.2. The number of hydrogen-bond donors (Lipinski definition) is 1. The van der Waals surface area contributed by atoms with Crippen molar-refractivity contribution in [2.24, 2.45) is 0 Å². The summed E-state index contributed by atoms with van der Waals surface area (Å²) in [7, 11) is 1.85. The number of hydrogen-bond acceptors (Lipinski definition) is 5. The Morgan fingerprint density at radius 1 is 1.24 bits per heavy atom. The van der Waals surface area contributed by atoms with Crippen molar-refractivity contribution in [3.05, 3.63) is 65.0 Å². The van der Waals surface area contributed by atoms with Crippen molar-refractivity contribution in [2.45, 2.75) is 6.54 Å². The van der Waals surface area contributed by atoms with Crippen LogP contribution in [0.3, 0.4) is 0 Å². The Bertz CT molecular complexity index is 834. The van der Waals surface area contributed by atoms with E-state index < -0.39 is 0 Å². The fourth-order valence-corrected chi connectivity index (χ4v) is 2.57. The number of aromatic nitrogens is 2. The molecule has 1 aromatic carbocycles. The third-order valence-electron chi connectivity index (χ3n) is 3.46. The molecule has 0 aliphatic carbocycles. The number of likely N-dealkylation sites (N-methyl/N-ethyl adjacent to an activating group) is 1. The highest BCUT2D eigenvalue weighted by Crippen LogP contribution is 2.19. The van der Waals surface area contributed by atoms with Gasteiger partial charge in [0.25, 0.3) is 0 Å². The van der Waals surface area contributed by atoms with Crippen LogP contribution in [0.2, 0.25) is 0 Å². The fourth-order valence-electron chi connectivity index (χ4n) is 2.33. The van der Waals surface area contributed by atoms with Gasteiger partial charge in [-0.3, -0.25) is 9.69 Å². The van der Waals surface area contributed by atoms with Gasteiger partial charge in [0.05, 0.1) is 13.1 Å². The second-order valence-electron chi connectivity index (χ2n) is 5.63. The lowest BCUT2D eigenvalue weighted by atomic mass is 10.1. The van der Waals surface area contributed by atoms with Gasteiger partial charge in [-0.25, -0.2) is 4.98 Å². The summed E-state index contributed by atoms with van der Waals surface area (Å²) in [6.07, 6.45) is 1.64. The number of amides is 1. The summed E-state index contributed by atoms with van der Waals surface area (Å²) in [5.41, 5.74) is 1.78. The normalized spacial score (nSPS) is 10.8. The van der Waals surface area contributed by atoms with Crippen molar-refractivity contribution in [1.82, 2.24) is 15.0 Å². The molecule has 0 saturated carbocycles. The maximum atomic E-state index is 12.1. The van der Waals surface area contributed by atoms with Crippen molar-refractivity contribution in [1.29, 1.82) is 0 Å². The molecule has 0 atom stereocenters. The maximum absolute atomic E-state index is 12.1. The number of anilines is 1. The molecule has 0 unspecified atom stereocenters. The van der Waals surface area contributed by atoms with Gasteiger partial charge >= 0.3 is 0 Å². The van der Waals surface area contributed by atoms with Crippen LogP contribution in [-0.2, 0) is 11.3 Å². The van der Waals surface area contributed by atoms with Gasteiger partial charge in [0.2, 0.25) is 5.91 Å². The summed E-state index contributed by atoms with van der Waals surface area (Å²) in [5.74, 6) is 1.09. The van der Waals surface area contributed by atoms with E-state index in [-0.39, 0.29) is 12.5 Å². The number of carbonyl (C=O) groups is 1. The van der Waals surface area contributed by atoms with Gasteiger partial charge in [-0.1, -0.05) is 35.5 Å². The van der Waals surface area contributed by atoms with E-state index in [1.54, 1.807) is 12.3 Å². The molecule has 1 amide bonds. The Morgan fingerprint density at radius 2 is 2.04 bits per heavy atom. The lowest BCUT2D eigenvalue weighted by Crippen LogP contribution is -2.29. The molecule has 0 fully saturated rings. The molecule has 2 heterocycles. The summed E-state index contributed by atoms with van der Waals surface area (Å²) < 4.78 is 6.22. The van der Waals surface area contributed by atoms with E-state index in [4.69, 9.17) is 4.52 Å². The highest BCUT2D eigenvalue weighted by atomic mass is 79.9. The van der Waals surface area contributed by atoms with Crippen LogP contribution < -0.4 is 5.32 Å². The molecule has 0 saturated heterocycles. The summed E-state index contributed by atoms with van der Waals surface area (Å²) in [5, 5.41) is 6.84. The fraction of sp³-hybridized carbons (Fsp3) is 0.167. The van der Waals surface area contributed by atoms with Crippen LogP contribution in [0.1, 0.15) is 5.76 Å². The minimum atomic E-state index is -0.139. The van der Waals surface area contributed by atoms with Gasteiger partial charge in [0.15, 0.2) is 5.76 Å². The number of benzene rings is 1. The Kier molecular flexibility index (Phi) is 5.57. The first kappa shape index (κ1) is 17.3. The zero-order valence-electron chi connectivity index (χ0n) is 13.6. The van der Waals surface area contributed by atoms with Crippen molar-refractivity contribution in [3.63, 3.8) is 0 Å². The van der Waals surface area contributed by atoms with Gasteiger partial charge in [-0.05, 0) is 35.1 Å². The van der Waals surface area contributed by atoms with Crippen molar-refractivity contribution in [2.75, 3.05) is 18.9 Å². The molecule has 1 N–H and O–H groups in total. The molecule has 0 spiro atoms. The molecule has 6 nitrogen and oxygen atoms in total. The van der Waals surface area contributed by atoms with E-state index in [0.717, 1.165) is 15.7 Å². The lowest BCUT2D eigenvalue weighted by Gasteiger charge is -2.14. The Labute approximate surface area is 154 Å². The van der Waals surface area contributed by atoms with Crippen LogP contribution in [0.25, 0.3) is 11.3 Å². The molecule has 0 aliphatic rings. The number of pyridine rings is 1. The Balaban J connectivity index is 1.54. The van der Waals surface area contributed by atoms with Crippen LogP contribution in [0.4, 0.5) is 5.82 Å². The van der Waals surface area contributed by atoms with Gasteiger partial charge in [0, 0.05) is 22.3 Å². The third kappa shape index (κ3) is 4.98. The van der Waals surface area contributed by atoms with Crippen LogP contribution in [0.5, 0.6) is 0 Å². The molecule has 3 aromatic rings. The minimum absolute atomic E-state index is 0.139. The highest BCUT2D eigenvalue weighted by molar-refractivity contribution is 9.10. The SMILES string of the molecule is CN(CC(=O)Nc1ccc(Br)cn1)Cc1cc(-c2ccccc2)no1. The summed E-state index contributed by atoms with van der Waals surface area (Å²) in [6.45, 7) is 0.708. The molecule has 0 radical (unpaired) electrons. The molecule has 25 heavy (non-hydrogen) atoms. The smallest absolute Gasteiger partial charge is 0.239 e. The topological polar surface area (TPSA) is 71.3 Å². The summed E-state index contributed by atoms with van der Waals surface area (Å²) in [4.78, 5) is 18.0. The molecule has 2 aromatic heterocycles. The average Bonchev–Trinajstić information content (AvgIpc) is 3.06. The monoisotopic (exact) mass is 400 g/mol. The third-order valence-corrected chi connectivity index (χ3v) is 3.93. The Hall–Kier alpha value is -2.51. The van der Waals surface area contributed by atoms with E-state index in [1.807, 2.05) is 54.4 Å². The van der Waals surface area contributed by atoms with Gasteiger partial charge in [-0.15, -0.1) is 0 Å². The van der Waals surface area contributed by atoms with E-state index in [9.17, 15) is 4.79 Å². The molecule has 7 heteroatoms. The predicted octanol–water partition coefficient (Wildman–Crippen LogP) is 3.57. The lowest BCUT2D eigenvalue weighted by molar-refractivity contribution is -0.117. The number of rotatable bonds is 6. The summed E-state index contributed by atoms with van der Waals surface area (Å²) >= 11 is 3.31. The van der Waals surface area contributed by atoms with Crippen LogP contribution >= 0.6 is 15.9 Å². The van der Waals surface area contributed by atoms with Gasteiger partial charge in [0.1, 0.15) is 11.5 Å². The summed E-state index contributed by atoms with van der Waals surface area (Å²) in [6, 6.07) is 15.3. The first-order valence-electron chi connectivity index (χ1n) is 7.71. The molecular weight excluding hydrogens is 384 g/mol. The number of nitrogens with zero attached hydrogens (tertiary/aromatic N) is 3. The van der Waals surface area contributed by atoms with E-state index >= 15 is 0 Å².